The molecular formula is C26H30F3N3O3. The second-order valence-electron chi connectivity index (χ2n) is 9.08. The van der Waals surface area contributed by atoms with Gasteiger partial charge < -0.3 is 16.0 Å². The van der Waals surface area contributed by atoms with Gasteiger partial charge >= 0.3 is 6.18 Å². The number of hydrogen-bond donors (Lipinski definition) is 3. The van der Waals surface area contributed by atoms with Crippen molar-refractivity contribution >= 4 is 17.7 Å². The highest BCUT2D eigenvalue weighted by molar-refractivity contribution is 5.97. The normalized spacial score (nSPS) is 18.1. The van der Waals surface area contributed by atoms with Crippen LogP contribution in [0.25, 0.3) is 0 Å². The fourth-order valence-electron chi connectivity index (χ4n) is 4.10. The molecule has 0 aromatic heterocycles. The molecule has 6 nitrogen and oxygen atoms in total. The molecule has 3 amide bonds. The van der Waals surface area contributed by atoms with Crippen molar-refractivity contribution in [2.24, 2.45) is 0 Å². The van der Waals surface area contributed by atoms with E-state index in [1.54, 1.807) is 12.1 Å². The lowest BCUT2D eigenvalue weighted by molar-refractivity contribution is -0.137. The molecule has 9 heteroatoms. The maximum Gasteiger partial charge on any atom is 0.416 e. The number of alkyl halides is 3. The Hall–Kier alpha value is -3.36. The zero-order valence-corrected chi connectivity index (χ0v) is 19.7. The van der Waals surface area contributed by atoms with Gasteiger partial charge in [0.2, 0.25) is 5.91 Å². The molecule has 0 radical (unpaired) electrons. The second-order valence-corrected chi connectivity index (χ2v) is 9.08. The highest BCUT2D eigenvalue weighted by Crippen LogP contribution is 2.29. The molecule has 3 N–H and O–H groups in total. The molecule has 0 aliphatic heterocycles. The van der Waals surface area contributed by atoms with Gasteiger partial charge in [-0.15, -0.1) is 0 Å². The van der Waals surface area contributed by atoms with E-state index in [0.29, 0.717) is 24.3 Å². The third kappa shape index (κ3) is 7.31. The molecule has 188 valence electrons. The molecule has 1 aliphatic rings. The maximum absolute atomic E-state index is 12.9. The number of nitrogens with one attached hydrogen (secondary N) is 3. The summed E-state index contributed by atoms with van der Waals surface area (Å²) in [6.07, 6.45) is -1.39. The number of rotatable bonds is 7. The Bertz CT molecular complexity index is 1050. The summed E-state index contributed by atoms with van der Waals surface area (Å²) in [5.74, 6) is -1.11. The zero-order chi connectivity index (χ0) is 25.6. The summed E-state index contributed by atoms with van der Waals surface area (Å²) in [5, 5.41) is 8.20. The molecule has 1 fully saturated rings. The molecule has 0 spiro atoms. The van der Waals surface area contributed by atoms with E-state index >= 15 is 0 Å². The molecule has 0 bridgehead atoms. The van der Waals surface area contributed by atoms with Gasteiger partial charge in [0.05, 0.1) is 12.1 Å². The molecule has 0 saturated heterocycles. The molecule has 2 aromatic rings. The predicted molar refractivity (Wildman–Crippen MR) is 126 cm³/mol. The van der Waals surface area contributed by atoms with Gasteiger partial charge in [-0.1, -0.05) is 44.9 Å². The first-order chi connectivity index (χ1) is 16.5. The summed E-state index contributed by atoms with van der Waals surface area (Å²) in [4.78, 5) is 37.4. The summed E-state index contributed by atoms with van der Waals surface area (Å²) >= 11 is 0. The van der Waals surface area contributed by atoms with Crippen molar-refractivity contribution in [2.45, 2.75) is 63.7 Å². The minimum absolute atomic E-state index is 0.182. The Morgan fingerprint density at radius 3 is 2.11 bits per heavy atom. The lowest BCUT2D eigenvalue weighted by atomic mass is 9.90. The Balaban J connectivity index is 1.54. The molecule has 0 heterocycles. The average Bonchev–Trinajstić information content (AvgIpc) is 2.83. The number of benzene rings is 2. The molecule has 35 heavy (non-hydrogen) atoms. The summed E-state index contributed by atoms with van der Waals surface area (Å²) in [6, 6.07) is 10.9. The summed E-state index contributed by atoms with van der Waals surface area (Å²) in [6.45, 7) is 3.77. The van der Waals surface area contributed by atoms with Crippen LogP contribution < -0.4 is 16.0 Å². The monoisotopic (exact) mass is 489 g/mol. The third-order valence-corrected chi connectivity index (χ3v) is 6.13. The summed E-state index contributed by atoms with van der Waals surface area (Å²) in [7, 11) is 0. The van der Waals surface area contributed by atoms with Gasteiger partial charge in [-0.05, 0) is 54.7 Å². The number of carbonyl (C=O) groups excluding carboxylic acids is 3. The van der Waals surface area contributed by atoms with E-state index in [2.05, 4.69) is 29.8 Å². The smallest absolute Gasteiger partial charge is 0.350 e. The average molecular weight is 490 g/mol. The molecule has 1 saturated carbocycles. The van der Waals surface area contributed by atoms with Crippen LogP contribution in [0.1, 0.15) is 77.3 Å². The van der Waals surface area contributed by atoms with Gasteiger partial charge in [0, 0.05) is 23.2 Å². The highest BCUT2D eigenvalue weighted by Gasteiger charge is 2.31. The van der Waals surface area contributed by atoms with Crippen molar-refractivity contribution < 1.29 is 27.6 Å². The number of halogens is 3. The van der Waals surface area contributed by atoms with Gasteiger partial charge in [0.15, 0.2) is 0 Å². The highest BCUT2D eigenvalue weighted by atomic mass is 19.4. The van der Waals surface area contributed by atoms with E-state index in [4.69, 9.17) is 0 Å². The lowest BCUT2D eigenvalue weighted by Gasteiger charge is -2.33. The van der Waals surface area contributed by atoms with Crippen LogP contribution in [0.5, 0.6) is 0 Å². The van der Waals surface area contributed by atoms with Gasteiger partial charge in [-0.3, -0.25) is 14.4 Å². The molecule has 1 aliphatic carbocycles. The van der Waals surface area contributed by atoms with Crippen molar-refractivity contribution in [3.63, 3.8) is 0 Å². The van der Waals surface area contributed by atoms with Crippen LogP contribution in [0.15, 0.2) is 48.5 Å². The van der Waals surface area contributed by atoms with Crippen LogP contribution >= 0.6 is 0 Å². The zero-order valence-electron chi connectivity index (χ0n) is 19.7. The minimum atomic E-state index is -4.56. The van der Waals surface area contributed by atoms with Crippen LogP contribution in [-0.2, 0) is 11.0 Å². The van der Waals surface area contributed by atoms with Crippen molar-refractivity contribution in [2.75, 3.05) is 6.54 Å². The molecule has 3 rings (SSSR count). The number of carbonyl (C=O) groups is 3. The predicted octanol–water partition coefficient (Wildman–Crippen LogP) is 4.42. The molecule has 2 unspecified atom stereocenters. The van der Waals surface area contributed by atoms with E-state index in [-0.39, 0.29) is 30.1 Å². The van der Waals surface area contributed by atoms with Crippen LogP contribution in [0.3, 0.4) is 0 Å². The standard InChI is InChI=1S/C26H30F3N3O3/c1-16(2)17-10-12-18(13-11-17)25(35)32-22-9-4-3-8-21(22)31-23(33)15-30-24(34)19-6-5-7-20(14-19)26(27,28)29/h5-7,10-14,16,21-22H,3-4,8-9,15H2,1-2H3,(H,30,34)(H,31,33)(H,32,35). The Morgan fingerprint density at radius 1 is 0.886 bits per heavy atom. The van der Waals surface area contributed by atoms with Crippen molar-refractivity contribution in [3.05, 3.63) is 70.8 Å². The molecule has 2 aromatic carbocycles. The van der Waals surface area contributed by atoms with Gasteiger partial charge in [0.1, 0.15) is 0 Å². The van der Waals surface area contributed by atoms with Gasteiger partial charge in [-0.2, -0.15) is 13.2 Å². The maximum atomic E-state index is 12.9. The SMILES string of the molecule is CC(C)c1ccc(C(=O)NC2CCCCC2NC(=O)CNC(=O)c2cccc(C(F)(F)F)c2)cc1. The van der Waals surface area contributed by atoms with Crippen LogP contribution in [0.4, 0.5) is 13.2 Å². The van der Waals surface area contributed by atoms with Gasteiger partial charge in [0.25, 0.3) is 11.8 Å². The topological polar surface area (TPSA) is 87.3 Å². The molecule has 2 atom stereocenters. The number of amides is 3. The Kier molecular flexibility index (Phi) is 8.53. The first-order valence-electron chi connectivity index (χ1n) is 11.7. The first-order valence-corrected chi connectivity index (χ1v) is 11.7. The van der Waals surface area contributed by atoms with Crippen molar-refractivity contribution in [3.8, 4) is 0 Å². The third-order valence-electron chi connectivity index (χ3n) is 6.13. The van der Waals surface area contributed by atoms with Crippen LogP contribution in [0, 0.1) is 0 Å². The largest absolute Gasteiger partial charge is 0.416 e. The van der Waals surface area contributed by atoms with E-state index < -0.39 is 23.6 Å². The van der Waals surface area contributed by atoms with Gasteiger partial charge in [-0.25, -0.2) is 0 Å². The van der Waals surface area contributed by atoms with Crippen molar-refractivity contribution in [1.82, 2.24) is 16.0 Å². The second kappa shape index (κ2) is 11.4. The minimum Gasteiger partial charge on any atom is -0.350 e. The van der Waals surface area contributed by atoms with Crippen LogP contribution in [-0.4, -0.2) is 36.3 Å². The summed E-state index contributed by atoms with van der Waals surface area (Å²) in [5.41, 5.74) is 0.558. The van der Waals surface area contributed by atoms with E-state index in [1.807, 2.05) is 12.1 Å². The Morgan fingerprint density at radius 2 is 1.51 bits per heavy atom. The van der Waals surface area contributed by atoms with E-state index in [9.17, 15) is 27.6 Å². The quantitative estimate of drug-likeness (QED) is 0.538. The fraction of sp³-hybridized carbons (Fsp3) is 0.423. The number of hydrogen-bond acceptors (Lipinski definition) is 3. The molecular weight excluding hydrogens is 459 g/mol. The van der Waals surface area contributed by atoms with Crippen molar-refractivity contribution in [1.29, 1.82) is 0 Å². The first kappa shape index (κ1) is 26.2. The summed E-state index contributed by atoms with van der Waals surface area (Å²) < 4.78 is 38.6. The lowest BCUT2D eigenvalue weighted by Crippen LogP contribution is -2.54. The Labute approximate surface area is 202 Å². The fourth-order valence-corrected chi connectivity index (χ4v) is 4.10. The van der Waals surface area contributed by atoms with Crippen LogP contribution in [0.2, 0.25) is 0 Å². The van der Waals surface area contributed by atoms with E-state index in [0.717, 1.165) is 36.6 Å². The van der Waals surface area contributed by atoms with E-state index in [1.165, 1.54) is 6.07 Å².